The summed E-state index contributed by atoms with van der Waals surface area (Å²) in [6.45, 7) is 0. The minimum atomic E-state index is -4.72. The molecule has 2 rings (SSSR count). The summed E-state index contributed by atoms with van der Waals surface area (Å²) >= 11 is 1.46. The van der Waals surface area contributed by atoms with Crippen LogP contribution in [0.1, 0.15) is 0 Å². The highest BCUT2D eigenvalue weighted by molar-refractivity contribution is 7.86. The molecule has 0 unspecified atom stereocenters. The Bertz CT molecular complexity index is 564. The Kier molecular flexibility index (Phi) is 2.54. The second-order valence-corrected chi connectivity index (χ2v) is 4.88. The summed E-state index contributed by atoms with van der Waals surface area (Å²) < 4.78 is 33.9. The zero-order valence-electron chi connectivity index (χ0n) is 7.42. The van der Waals surface area contributed by atoms with E-state index in [0.29, 0.717) is 5.69 Å². The second-order valence-electron chi connectivity index (χ2n) is 2.81. The van der Waals surface area contributed by atoms with Gasteiger partial charge in [-0.3, -0.25) is 0 Å². The molecule has 0 aliphatic rings. The normalized spacial score (nSPS) is 11.5. The lowest BCUT2D eigenvalue weighted by Gasteiger charge is -1.98. The largest absolute Gasteiger partial charge is 0.349 e. The molecule has 0 spiro atoms. The van der Waals surface area contributed by atoms with Gasteiger partial charge in [0.25, 0.3) is 0 Å². The lowest BCUT2D eigenvalue weighted by atomic mass is 10.2. The fraction of sp³-hybridized carbons (Fsp3) is 0. The SMILES string of the molecule is O=S(=O)(F)c1cccc(-c2ccsc2)n1. The molecule has 0 fully saturated rings. The Balaban J connectivity index is 2.53. The van der Waals surface area contributed by atoms with Crippen molar-refractivity contribution in [3.8, 4) is 11.3 Å². The van der Waals surface area contributed by atoms with Gasteiger partial charge in [0.05, 0.1) is 5.69 Å². The molecule has 3 nitrogen and oxygen atoms in total. The van der Waals surface area contributed by atoms with Gasteiger partial charge in [0.15, 0.2) is 5.03 Å². The van der Waals surface area contributed by atoms with Crippen LogP contribution in [-0.4, -0.2) is 13.4 Å². The predicted octanol–water partition coefficient (Wildman–Crippen LogP) is 2.47. The van der Waals surface area contributed by atoms with E-state index in [1.165, 1.54) is 17.4 Å². The first-order chi connectivity index (χ1) is 7.07. The van der Waals surface area contributed by atoms with E-state index in [1.807, 2.05) is 10.8 Å². The molecule has 0 amide bonds. The van der Waals surface area contributed by atoms with Gasteiger partial charge in [-0.2, -0.15) is 19.8 Å². The molecule has 2 heterocycles. The molecule has 78 valence electrons. The number of aromatic nitrogens is 1. The summed E-state index contributed by atoms with van der Waals surface area (Å²) in [4.78, 5) is 3.73. The van der Waals surface area contributed by atoms with Crippen molar-refractivity contribution in [2.75, 3.05) is 0 Å². The van der Waals surface area contributed by atoms with Crippen LogP contribution in [0.3, 0.4) is 0 Å². The zero-order chi connectivity index (χ0) is 10.9. The molecule has 0 atom stereocenters. The van der Waals surface area contributed by atoms with Crippen molar-refractivity contribution in [2.24, 2.45) is 0 Å². The van der Waals surface area contributed by atoms with Crippen LogP contribution in [0.25, 0.3) is 11.3 Å². The van der Waals surface area contributed by atoms with Crippen LogP contribution in [0, 0.1) is 0 Å². The fourth-order valence-electron chi connectivity index (χ4n) is 1.12. The first kappa shape index (κ1) is 10.3. The summed E-state index contributed by atoms with van der Waals surface area (Å²) in [5, 5.41) is 3.11. The van der Waals surface area contributed by atoms with Gasteiger partial charge in [0.2, 0.25) is 0 Å². The molecule has 2 aromatic heterocycles. The molecule has 2 aromatic rings. The topological polar surface area (TPSA) is 47.0 Å². The van der Waals surface area contributed by atoms with Crippen molar-refractivity contribution in [3.63, 3.8) is 0 Å². The molecule has 6 heteroatoms. The highest BCUT2D eigenvalue weighted by Crippen LogP contribution is 2.21. The van der Waals surface area contributed by atoms with Crippen molar-refractivity contribution in [3.05, 3.63) is 35.0 Å². The van der Waals surface area contributed by atoms with Crippen LogP contribution in [0.2, 0.25) is 0 Å². The highest BCUT2D eigenvalue weighted by Gasteiger charge is 2.14. The highest BCUT2D eigenvalue weighted by atomic mass is 32.3. The predicted molar refractivity (Wildman–Crippen MR) is 55.8 cm³/mol. The molecule has 0 radical (unpaired) electrons. The van der Waals surface area contributed by atoms with E-state index in [9.17, 15) is 12.3 Å². The molecule has 15 heavy (non-hydrogen) atoms. The molecule has 0 aromatic carbocycles. The summed E-state index contributed by atoms with van der Waals surface area (Å²) in [7, 11) is -4.72. The van der Waals surface area contributed by atoms with E-state index in [-0.39, 0.29) is 0 Å². The summed E-state index contributed by atoms with van der Waals surface area (Å²) in [6, 6.07) is 6.02. The number of halogens is 1. The van der Waals surface area contributed by atoms with E-state index in [1.54, 1.807) is 12.1 Å². The third kappa shape index (κ3) is 2.21. The van der Waals surface area contributed by atoms with Gasteiger partial charge in [0, 0.05) is 10.9 Å². The Morgan fingerprint density at radius 3 is 2.67 bits per heavy atom. The van der Waals surface area contributed by atoms with Gasteiger partial charge < -0.3 is 0 Å². The van der Waals surface area contributed by atoms with Crippen LogP contribution < -0.4 is 0 Å². The van der Waals surface area contributed by atoms with E-state index in [4.69, 9.17) is 0 Å². The van der Waals surface area contributed by atoms with E-state index in [2.05, 4.69) is 4.98 Å². The van der Waals surface area contributed by atoms with Gasteiger partial charge >= 0.3 is 10.2 Å². The molecule has 0 N–H and O–H groups in total. The summed E-state index contributed by atoms with van der Waals surface area (Å²) in [5.74, 6) is 0. The molecule has 0 saturated carbocycles. The quantitative estimate of drug-likeness (QED) is 0.761. The van der Waals surface area contributed by atoms with Gasteiger partial charge in [-0.1, -0.05) is 9.95 Å². The van der Waals surface area contributed by atoms with Crippen molar-refractivity contribution in [2.45, 2.75) is 5.03 Å². The van der Waals surface area contributed by atoms with Crippen LogP contribution >= 0.6 is 11.3 Å². The third-order valence-corrected chi connectivity index (χ3v) is 3.20. The number of thiophene rings is 1. The molecular weight excluding hydrogens is 237 g/mol. The van der Waals surface area contributed by atoms with E-state index >= 15 is 0 Å². The van der Waals surface area contributed by atoms with Crippen LogP contribution in [0.15, 0.2) is 40.1 Å². The van der Waals surface area contributed by atoms with Crippen molar-refractivity contribution >= 4 is 21.6 Å². The zero-order valence-corrected chi connectivity index (χ0v) is 9.06. The number of nitrogens with zero attached hydrogens (tertiary/aromatic N) is 1. The first-order valence-corrected chi connectivity index (χ1v) is 6.34. The maximum Gasteiger partial charge on any atom is 0.349 e. The van der Waals surface area contributed by atoms with E-state index in [0.717, 1.165) is 11.6 Å². The fourth-order valence-corrected chi connectivity index (χ4v) is 2.22. The van der Waals surface area contributed by atoms with Gasteiger partial charge in [0.1, 0.15) is 0 Å². The van der Waals surface area contributed by atoms with Gasteiger partial charge in [-0.05, 0) is 23.6 Å². The maximum absolute atomic E-state index is 12.7. The Morgan fingerprint density at radius 2 is 2.07 bits per heavy atom. The lowest BCUT2D eigenvalue weighted by molar-refractivity contribution is 0.548. The van der Waals surface area contributed by atoms with Crippen molar-refractivity contribution < 1.29 is 12.3 Å². The first-order valence-electron chi connectivity index (χ1n) is 4.02. The monoisotopic (exact) mass is 243 g/mol. The minimum absolute atomic E-state index is 0.454. The molecular formula is C9H6FNO2S2. The Labute approximate surface area is 90.4 Å². The average Bonchev–Trinajstić information content (AvgIpc) is 2.69. The number of hydrogen-bond acceptors (Lipinski definition) is 4. The molecule has 0 saturated heterocycles. The number of hydrogen-bond donors (Lipinski definition) is 0. The maximum atomic E-state index is 12.7. The van der Waals surface area contributed by atoms with E-state index < -0.39 is 15.2 Å². The van der Waals surface area contributed by atoms with Crippen molar-refractivity contribution in [1.29, 1.82) is 0 Å². The summed E-state index contributed by atoms with van der Waals surface area (Å²) in [5.41, 5.74) is 1.24. The van der Waals surface area contributed by atoms with Crippen LogP contribution in [0.4, 0.5) is 3.89 Å². The number of pyridine rings is 1. The standard InChI is InChI=1S/C9H6FNO2S2/c10-15(12,13)9-3-1-2-8(11-9)7-4-5-14-6-7/h1-6H. The minimum Gasteiger partial charge on any atom is -0.234 e. The van der Waals surface area contributed by atoms with Crippen molar-refractivity contribution in [1.82, 2.24) is 4.98 Å². The van der Waals surface area contributed by atoms with Gasteiger partial charge in [-0.15, -0.1) is 0 Å². The van der Waals surface area contributed by atoms with Gasteiger partial charge in [-0.25, -0.2) is 4.98 Å². The molecule has 0 bridgehead atoms. The molecule has 0 aliphatic heterocycles. The lowest BCUT2D eigenvalue weighted by Crippen LogP contribution is -1.96. The smallest absolute Gasteiger partial charge is 0.234 e. The Morgan fingerprint density at radius 1 is 1.27 bits per heavy atom. The Hall–Kier alpha value is -1.27. The molecule has 0 aliphatic carbocycles. The average molecular weight is 243 g/mol. The number of rotatable bonds is 2. The van der Waals surface area contributed by atoms with Crippen LogP contribution in [0.5, 0.6) is 0 Å². The van der Waals surface area contributed by atoms with Crippen LogP contribution in [-0.2, 0) is 10.2 Å². The second kappa shape index (κ2) is 3.71. The summed E-state index contributed by atoms with van der Waals surface area (Å²) in [6.07, 6.45) is 0. The third-order valence-electron chi connectivity index (χ3n) is 1.79.